The second kappa shape index (κ2) is 4.24. The standard InChI is InChI=1S/C10H14N6O4/c11-9-14-7-6(8(18)15-9)13-3-16(7)5-1-10(12,19)4(2-17)20-5/h3-5,17,19H,1-2,12H2,(H3,11,14,15,18)/t4-,5-,10+/m1/s1. The summed E-state index contributed by atoms with van der Waals surface area (Å²) in [6.45, 7) is -0.424. The number of aromatic nitrogens is 4. The summed E-state index contributed by atoms with van der Waals surface area (Å²) in [6, 6.07) is 0. The van der Waals surface area contributed by atoms with Crippen LogP contribution in [0.2, 0.25) is 0 Å². The van der Waals surface area contributed by atoms with Gasteiger partial charge in [0, 0.05) is 6.42 Å². The molecule has 1 aliphatic heterocycles. The van der Waals surface area contributed by atoms with Crippen molar-refractivity contribution in [3.63, 3.8) is 0 Å². The summed E-state index contributed by atoms with van der Waals surface area (Å²) in [6.07, 6.45) is -0.240. The maximum atomic E-state index is 11.7. The van der Waals surface area contributed by atoms with E-state index in [1.807, 2.05) is 0 Å². The first kappa shape index (κ1) is 13.0. The summed E-state index contributed by atoms with van der Waals surface area (Å²) >= 11 is 0. The normalized spacial score (nSPS) is 30.1. The Kier molecular flexibility index (Phi) is 2.76. The SMILES string of the molecule is Nc1nc2c(ncn2[C@H]2C[C@](N)(O)[C@@H](CO)O2)c(=O)[nH]1. The van der Waals surface area contributed by atoms with Crippen molar-refractivity contribution in [3.05, 3.63) is 16.7 Å². The molecule has 0 radical (unpaired) electrons. The minimum Gasteiger partial charge on any atom is -0.393 e. The van der Waals surface area contributed by atoms with Crippen LogP contribution in [0.4, 0.5) is 5.95 Å². The minimum atomic E-state index is -1.66. The van der Waals surface area contributed by atoms with Crippen LogP contribution >= 0.6 is 0 Å². The molecule has 3 atom stereocenters. The molecule has 3 rings (SSSR count). The minimum absolute atomic E-state index is 0.0259. The zero-order chi connectivity index (χ0) is 14.5. The highest BCUT2D eigenvalue weighted by Gasteiger charge is 2.45. The van der Waals surface area contributed by atoms with Crippen LogP contribution in [0.5, 0.6) is 0 Å². The summed E-state index contributed by atoms with van der Waals surface area (Å²) in [5.41, 5.74) is 9.36. The molecule has 7 N–H and O–H groups in total. The Labute approximate surface area is 112 Å². The van der Waals surface area contributed by atoms with Gasteiger partial charge in [0.05, 0.1) is 12.9 Å². The van der Waals surface area contributed by atoms with E-state index in [0.29, 0.717) is 0 Å². The number of anilines is 1. The predicted molar refractivity (Wildman–Crippen MR) is 67.3 cm³/mol. The van der Waals surface area contributed by atoms with Crippen molar-refractivity contribution in [1.29, 1.82) is 0 Å². The van der Waals surface area contributed by atoms with Crippen molar-refractivity contribution in [2.75, 3.05) is 12.3 Å². The van der Waals surface area contributed by atoms with Gasteiger partial charge in [-0.2, -0.15) is 4.98 Å². The first-order valence-corrected chi connectivity index (χ1v) is 5.92. The number of H-pyrrole nitrogens is 1. The molecule has 20 heavy (non-hydrogen) atoms. The average Bonchev–Trinajstić information content (AvgIpc) is 2.89. The van der Waals surface area contributed by atoms with E-state index in [1.54, 1.807) is 0 Å². The molecule has 2 aromatic rings. The molecule has 108 valence electrons. The van der Waals surface area contributed by atoms with E-state index >= 15 is 0 Å². The third kappa shape index (κ3) is 1.86. The van der Waals surface area contributed by atoms with Crippen LogP contribution in [0, 0.1) is 0 Å². The molecule has 0 bridgehead atoms. The van der Waals surface area contributed by atoms with Gasteiger partial charge in [0.1, 0.15) is 18.1 Å². The molecule has 0 aromatic carbocycles. The van der Waals surface area contributed by atoms with E-state index in [-0.39, 0.29) is 23.5 Å². The average molecular weight is 282 g/mol. The van der Waals surface area contributed by atoms with Gasteiger partial charge in [-0.1, -0.05) is 0 Å². The summed E-state index contributed by atoms with van der Waals surface area (Å²) in [7, 11) is 0. The smallest absolute Gasteiger partial charge is 0.280 e. The predicted octanol–water partition coefficient (Wildman–Crippen LogP) is -2.37. The molecule has 0 aliphatic carbocycles. The van der Waals surface area contributed by atoms with Gasteiger partial charge in [-0.3, -0.25) is 14.3 Å². The van der Waals surface area contributed by atoms with Crippen molar-refractivity contribution in [2.45, 2.75) is 24.5 Å². The number of nitrogens with zero attached hydrogens (tertiary/aromatic N) is 3. The number of hydrogen-bond donors (Lipinski definition) is 5. The highest BCUT2D eigenvalue weighted by Crippen LogP contribution is 2.34. The number of fused-ring (bicyclic) bond motifs is 1. The third-order valence-electron chi connectivity index (χ3n) is 3.31. The van der Waals surface area contributed by atoms with Gasteiger partial charge >= 0.3 is 0 Å². The van der Waals surface area contributed by atoms with E-state index in [9.17, 15) is 9.90 Å². The van der Waals surface area contributed by atoms with Crippen molar-refractivity contribution in [3.8, 4) is 0 Å². The van der Waals surface area contributed by atoms with Gasteiger partial charge in [0.2, 0.25) is 5.95 Å². The Hall–Kier alpha value is -2.01. The van der Waals surface area contributed by atoms with Crippen molar-refractivity contribution >= 4 is 17.1 Å². The molecule has 1 fully saturated rings. The molecule has 3 heterocycles. The number of hydrogen-bond acceptors (Lipinski definition) is 8. The quantitative estimate of drug-likeness (QED) is 0.381. The molecule has 10 heteroatoms. The summed E-state index contributed by atoms with van der Waals surface area (Å²) in [5, 5.41) is 19.1. The molecule has 0 amide bonds. The van der Waals surface area contributed by atoms with Crippen molar-refractivity contribution in [2.24, 2.45) is 5.73 Å². The van der Waals surface area contributed by atoms with Crippen LogP contribution in [0.1, 0.15) is 12.6 Å². The zero-order valence-electron chi connectivity index (χ0n) is 10.4. The van der Waals surface area contributed by atoms with E-state index in [4.69, 9.17) is 21.3 Å². The van der Waals surface area contributed by atoms with Crippen molar-refractivity contribution < 1.29 is 14.9 Å². The lowest BCUT2D eigenvalue weighted by Gasteiger charge is -2.20. The van der Waals surface area contributed by atoms with Gasteiger partial charge in [-0.25, -0.2) is 4.98 Å². The van der Waals surface area contributed by atoms with E-state index in [2.05, 4.69) is 15.0 Å². The molecular formula is C10H14N6O4. The topological polar surface area (TPSA) is 165 Å². The molecule has 1 aliphatic rings. The number of imidazole rings is 1. The lowest BCUT2D eigenvalue weighted by atomic mass is 10.1. The van der Waals surface area contributed by atoms with E-state index in [1.165, 1.54) is 10.9 Å². The molecule has 2 aromatic heterocycles. The fourth-order valence-electron chi connectivity index (χ4n) is 2.29. The van der Waals surface area contributed by atoms with Gasteiger partial charge < -0.3 is 26.4 Å². The van der Waals surface area contributed by atoms with Crippen molar-refractivity contribution in [1.82, 2.24) is 19.5 Å². The number of aliphatic hydroxyl groups is 2. The Morgan fingerprint density at radius 2 is 2.40 bits per heavy atom. The highest BCUT2D eigenvalue weighted by molar-refractivity contribution is 5.70. The molecule has 0 saturated carbocycles. The number of nitrogens with one attached hydrogen (secondary N) is 1. The Bertz CT molecular complexity index is 707. The van der Waals surface area contributed by atoms with Crippen LogP contribution in [0.25, 0.3) is 11.2 Å². The maximum Gasteiger partial charge on any atom is 0.280 e. The van der Waals surface area contributed by atoms with Crippen LogP contribution < -0.4 is 17.0 Å². The molecule has 1 saturated heterocycles. The number of rotatable bonds is 2. The van der Waals surface area contributed by atoms with E-state index in [0.717, 1.165) is 0 Å². The first-order valence-electron chi connectivity index (χ1n) is 5.92. The van der Waals surface area contributed by atoms with Crippen LogP contribution in [0.3, 0.4) is 0 Å². The Balaban J connectivity index is 2.06. The fraction of sp³-hybridized carbons (Fsp3) is 0.500. The monoisotopic (exact) mass is 282 g/mol. The van der Waals surface area contributed by atoms with Crippen LogP contribution in [0.15, 0.2) is 11.1 Å². The molecule has 0 spiro atoms. The Morgan fingerprint density at radius 3 is 3.05 bits per heavy atom. The van der Waals surface area contributed by atoms with Crippen LogP contribution in [-0.2, 0) is 4.74 Å². The second-order valence-electron chi connectivity index (χ2n) is 4.73. The lowest BCUT2D eigenvalue weighted by molar-refractivity contribution is -0.0787. The number of nitrogen functional groups attached to an aromatic ring is 1. The number of aliphatic hydroxyl groups excluding tert-OH is 1. The molecular weight excluding hydrogens is 268 g/mol. The summed E-state index contributed by atoms with van der Waals surface area (Å²) < 4.78 is 6.92. The number of ether oxygens (including phenoxy) is 1. The zero-order valence-corrected chi connectivity index (χ0v) is 10.4. The van der Waals surface area contributed by atoms with Crippen LogP contribution in [-0.4, -0.2) is 48.2 Å². The fourth-order valence-corrected chi connectivity index (χ4v) is 2.29. The first-order chi connectivity index (χ1) is 9.42. The van der Waals surface area contributed by atoms with Gasteiger partial charge in [-0.05, 0) is 0 Å². The second-order valence-corrected chi connectivity index (χ2v) is 4.73. The summed E-state index contributed by atoms with van der Waals surface area (Å²) in [4.78, 5) is 21.9. The van der Waals surface area contributed by atoms with E-state index < -0.39 is 30.2 Å². The third-order valence-corrected chi connectivity index (χ3v) is 3.31. The maximum absolute atomic E-state index is 11.7. The largest absolute Gasteiger partial charge is 0.393 e. The number of nitrogens with two attached hydrogens (primary N) is 2. The van der Waals surface area contributed by atoms with Gasteiger partial charge in [0.25, 0.3) is 5.56 Å². The highest BCUT2D eigenvalue weighted by atomic mass is 16.5. The number of aromatic amines is 1. The summed E-state index contributed by atoms with van der Waals surface area (Å²) in [5.74, 6) is -0.0519. The Morgan fingerprint density at radius 1 is 1.65 bits per heavy atom. The van der Waals surface area contributed by atoms with Gasteiger partial charge in [0.15, 0.2) is 11.2 Å². The van der Waals surface area contributed by atoms with Gasteiger partial charge in [-0.15, -0.1) is 0 Å². The molecule has 10 nitrogen and oxygen atoms in total. The lowest BCUT2D eigenvalue weighted by Crippen LogP contribution is -2.48. The molecule has 0 unspecified atom stereocenters.